The summed E-state index contributed by atoms with van der Waals surface area (Å²) >= 11 is 0. The SMILES string of the molecule is NCCCC[C@H](N)C(=O)OC(=O)c1ccccc1C(=O)OC(=O)[C@@H](N)CCCCN. The Morgan fingerprint density at radius 3 is 1.40 bits per heavy atom. The number of rotatable bonds is 12. The Morgan fingerprint density at radius 1 is 0.700 bits per heavy atom. The van der Waals surface area contributed by atoms with Crippen molar-refractivity contribution in [3.8, 4) is 0 Å². The van der Waals surface area contributed by atoms with Gasteiger partial charge in [-0.2, -0.15) is 0 Å². The molecule has 0 bridgehead atoms. The lowest BCUT2D eigenvalue weighted by Gasteiger charge is -2.13. The zero-order valence-electron chi connectivity index (χ0n) is 16.9. The van der Waals surface area contributed by atoms with Crippen LogP contribution in [0.1, 0.15) is 59.2 Å². The third-order valence-electron chi connectivity index (χ3n) is 4.30. The molecule has 10 nitrogen and oxygen atoms in total. The van der Waals surface area contributed by atoms with Crippen LogP contribution in [-0.4, -0.2) is 49.1 Å². The van der Waals surface area contributed by atoms with Gasteiger partial charge in [-0.25, -0.2) is 19.2 Å². The predicted octanol–water partition coefficient (Wildman–Crippen LogP) is -0.0340. The Hall–Kier alpha value is -2.66. The molecule has 0 aliphatic carbocycles. The molecular weight excluding hydrogens is 392 g/mol. The van der Waals surface area contributed by atoms with Crippen LogP contribution >= 0.6 is 0 Å². The van der Waals surface area contributed by atoms with Crippen LogP contribution in [0.2, 0.25) is 0 Å². The number of carbonyl (C=O) groups is 4. The van der Waals surface area contributed by atoms with Gasteiger partial charge in [-0.05, 0) is 50.9 Å². The summed E-state index contributed by atoms with van der Waals surface area (Å²) in [4.78, 5) is 48.7. The number of carbonyl (C=O) groups excluding carboxylic acids is 4. The van der Waals surface area contributed by atoms with Crippen molar-refractivity contribution in [2.24, 2.45) is 22.9 Å². The molecule has 10 heteroatoms. The molecule has 0 spiro atoms. The molecule has 1 aromatic rings. The maximum Gasteiger partial charge on any atom is 0.346 e. The van der Waals surface area contributed by atoms with Gasteiger partial charge in [0, 0.05) is 0 Å². The predicted molar refractivity (Wildman–Crippen MR) is 109 cm³/mol. The molecule has 0 saturated carbocycles. The van der Waals surface area contributed by atoms with Crippen LogP contribution in [0.3, 0.4) is 0 Å². The van der Waals surface area contributed by atoms with Gasteiger partial charge in [-0.15, -0.1) is 0 Å². The van der Waals surface area contributed by atoms with Crippen LogP contribution in [0.4, 0.5) is 0 Å². The second-order valence-corrected chi connectivity index (χ2v) is 6.74. The number of hydrogen-bond acceptors (Lipinski definition) is 10. The van der Waals surface area contributed by atoms with E-state index in [-0.39, 0.29) is 11.1 Å². The maximum atomic E-state index is 12.4. The topological polar surface area (TPSA) is 191 Å². The van der Waals surface area contributed by atoms with E-state index in [1.165, 1.54) is 24.3 Å². The van der Waals surface area contributed by atoms with Crippen molar-refractivity contribution < 1.29 is 28.7 Å². The molecule has 0 radical (unpaired) electrons. The molecule has 166 valence electrons. The van der Waals surface area contributed by atoms with Crippen molar-refractivity contribution in [2.45, 2.75) is 50.6 Å². The van der Waals surface area contributed by atoms with Crippen molar-refractivity contribution >= 4 is 23.9 Å². The summed E-state index contributed by atoms with van der Waals surface area (Å²) in [5, 5.41) is 0. The molecule has 0 unspecified atom stereocenters. The Morgan fingerprint density at radius 2 is 1.07 bits per heavy atom. The summed E-state index contributed by atoms with van der Waals surface area (Å²) in [7, 11) is 0. The van der Waals surface area contributed by atoms with E-state index in [1.807, 2.05) is 0 Å². The molecule has 8 N–H and O–H groups in total. The summed E-state index contributed by atoms with van der Waals surface area (Å²) in [6, 6.07) is 3.51. The first-order valence-electron chi connectivity index (χ1n) is 9.84. The minimum atomic E-state index is -1.07. The smallest absolute Gasteiger partial charge is 0.346 e. The zero-order valence-corrected chi connectivity index (χ0v) is 16.9. The van der Waals surface area contributed by atoms with E-state index in [0.29, 0.717) is 51.6 Å². The molecular formula is C20H30N4O6. The van der Waals surface area contributed by atoms with Gasteiger partial charge >= 0.3 is 23.9 Å². The lowest BCUT2D eigenvalue weighted by Crippen LogP contribution is -2.35. The second-order valence-electron chi connectivity index (χ2n) is 6.74. The van der Waals surface area contributed by atoms with E-state index in [0.717, 1.165) is 0 Å². The van der Waals surface area contributed by atoms with Gasteiger partial charge < -0.3 is 32.4 Å². The fraction of sp³-hybridized carbons (Fsp3) is 0.500. The van der Waals surface area contributed by atoms with Gasteiger partial charge in [0.1, 0.15) is 12.1 Å². The number of benzene rings is 1. The molecule has 0 aliphatic rings. The monoisotopic (exact) mass is 422 g/mol. The van der Waals surface area contributed by atoms with E-state index in [2.05, 4.69) is 0 Å². The molecule has 0 aromatic heterocycles. The van der Waals surface area contributed by atoms with Crippen molar-refractivity contribution in [2.75, 3.05) is 13.1 Å². The fourth-order valence-corrected chi connectivity index (χ4v) is 2.54. The molecule has 1 aromatic carbocycles. The van der Waals surface area contributed by atoms with Gasteiger partial charge in [0.05, 0.1) is 11.1 Å². The summed E-state index contributed by atoms with van der Waals surface area (Å²) in [6.07, 6.45) is 3.21. The molecule has 0 saturated heterocycles. The molecule has 0 heterocycles. The van der Waals surface area contributed by atoms with Gasteiger partial charge in [0.15, 0.2) is 0 Å². The highest BCUT2D eigenvalue weighted by Gasteiger charge is 2.26. The molecule has 2 atom stereocenters. The van der Waals surface area contributed by atoms with Crippen LogP contribution in [0, 0.1) is 0 Å². The molecule has 30 heavy (non-hydrogen) atoms. The third-order valence-corrected chi connectivity index (χ3v) is 4.30. The average molecular weight is 422 g/mol. The highest BCUT2D eigenvalue weighted by molar-refractivity contribution is 6.08. The summed E-state index contributed by atoms with van der Waals surface area (Å²) in [5.41, 5.74) is 21.7. The number of nitrogens with two attached hydrogens (primary N) is 4. The van der Waals surface area contributed by atoms with Crippen molar-refractivity contribution in [3.05, 3.63) is 35.4 Å². The fourth-order valence-electron chi connectivity index (χ4n) is 2.54. The largest absolute Gasteiger partial charge is 0.388 e. The van der Waals surface area contributed by atoms with E-state index in [1.54, 1.807) is 0 Å². The van der Waals surface area contributed by atoms with E-state index in [4.69, 9.17) is 32.4 Å². The Balaban J connectivity index is 2.76. The van der Waals surface area contributed by atoms with Crippen LogP contribution in [0.15, 0.2) is 24.3 Å². The van der Waals surface area contributed by atoms with E-state index < -0.39 is 36.0 Å². The quantitative estimate of drug-likeness (QED) is 0.202. The maximum absolute atomic E-state index is 12.4. The molecule has 0 fully saturated rings. The van der Waals surface area contributed by atoms with Gasteiger partial charge in [-0.3, -0.25) is 0 Å². The van der Waals surface area contributed by atoms with Crippen LogP contribution in [0.5, 0.6) is 0 Å². The van der Waals surface area contributed by atoms with Crippen LogP contribution in [-0.2, 0) is 19.1 Å². The van der Waals surface area contributed by atoms with Gasteiger partial charge in [0.2, 0.25) is 0 Å². The first-order valence-corrected chi connectivity index (χ1v) is 9.84. The number of ether oxygens (including phenoxy) is 2. The average Bonchev–Trinajstić information content (AvgIpc) is 2.73. The second kappa shape index (κ2) is 13.5. The zero-order chi connectivity index (χ0) is 22.5. The van der Waals surface area contributed by atoms with Gasteiger partial charge in [0.25, 0.3) is 0 Å². The number of unbranched alkanes of at least 4 members (excludes halogenated alkanes) is 2. The number of hydrogen-bond donors (Lipinski definition) is 4. The molecule has 0 aliphatic heterocycles. The minimum absolute atomic E-state index is 0.227. The minimum Gasteiger partial charge on any atom is -0.388 e. The third kappa shape index (κ3) is 8.37. The molecule has 1 rings (SSSR count). The van der Waals surface area contributed by atoms with Crippen molar-refractivity contribution in [1.82, 2.24) is 0 Å². The highest BCUT2D eigenvalue weighted by atomic mass is 16.6. The normalized spacial score (nSPS) is 12.7. The number of esters is 4. The van der Waals surface area contributed by atoms with Crippen molar-refractivity contribution in [3.63, 3.8) is 0 Å². The van der Waals surface area contributed by atoms with Crippen molar-refractivity contribution in [1.29, 1.82) is 0 Å². The van der Waals surface area contributed by atoms with E-state index >= 15 is 0 Å². The summed E-state index contributed by atoms with van der Waals surface area (Å²) in [6.45, 7) is 0.928. The lowest BCUT2D eigenvalue weighted by molar-refractivity contribution is -0.141. The highest BCUT2D eigenvalue weighted by Crippen LogP contribution is 2.14. The van der Waals surface area contributed by atoms with Crippen LogP contribution < -0.4 is 22.9 Å². The Bertz CT molecular complexity index is 679. The molecule has 0 amide bonds. The standard InChI is InChI=1S/C20H30N4O6/c21-11-5-3-9-15(23)19(27)29-17(25)13-7-1-2-8-14(13)18(26)30-20(28)16(24)10-4-6-12-22/h1-2,7-8,15-16H,3-6,9-12,21-24H2/t15-,16-/m0/s1. The first-order chi connectivity index (χ1) is 14.3. The summed E-state index contributed by atoms with van der Waals surface area (Å²) < 4.78 is 9.55. The van der Waals surface area contributed by atoms with E-state index in [9.17, 15) is 19.2 Å². The Kier molecular flexibility index (Phi) is 11.5. The summed E-state index contributed by atoms with van der Waals surface area (Å²) in [5.74, 6) is -3.97. The lowest BCUT2D eigenvalue weighted by atomic mass is 10.1. The Labute approximate surface area is 175 Å². The van der Waals surface area contributed by atoms with Crippen LogP contribution in [0.25, 0.3) is 0 Å². The first kappa shape index (κ1) is 25.4. The van der Waals surface area contributed by atoms with Gasteiger partial charge in [-0.1, -0.05) is 25.0 Å².